The van der Waals surface area contributed by atoms with E-state index < -0.39 is 18.8 Å². The van der Waals surface area contributed by atoms with Gasteiger partial charge in [0.1, 0.15) is 11.6 Å². The number of nitrogens with zero attached hydrogens (tertiary/aromatic N) is 2. The van der Waals surface area contributed by atoms with Gasteiger partial charge in [0, 0.05) is 6.07 Å². The average molecular weight is 237 g/mol. The normalized spacial score (nSPS) is 13.5. The molecule has 6 N–H and O–H groups in total. The molecule has 16 heavy (non-hydrogen) atoms. The van der Waals surface area contributed by atoms with Crippen molar-refractivity contribution in [3.63, 3.8) is 0 Å². The number of nitrogens with two attached hydrogens (primary N) is 2. The van der Waals surface area contributed by atoms with Crippen molar-refractivity contribution in [3.8, 4) is 0 Å². The van der Waals surface area contributed by atoms with Crippen LogP contribution in [0.2, 0.25) is 0 Å². The predicted octanol–water partition coefficient (Wildman–Crippen LogP) is -0.0239. The summed E-state index contributed by atoms with van der Waals surface area (Å²) in [4.78, 5) is 7.11. The van der Waals surface area contributed by atoms with Crippen LogP contribution in [0, 0.1) is 0 Å². The van der Waals surface area contributed by atoms with Gasteiger partial charge in [-0.05, 0) is 0 Å². The Morgan fingerprint density at radius 3 is 2.50 bits per heavy atom. The third-order valence-electron chi connectivity index (χ3n) is 1.62. The maximum Gasteiger partial charge on any atom is 0.416 e. The second-order valence-electron chi connectivity index (χ2n) is 2.97. The summed E-state index contributed by atoms with van der Waals surface area (Å²) in [6.45, 7) is -0.737. The van der Waals surface area contributed by atoms with E-state index in [4.69, 9.17) is 16.6 Å². The van der Waals surface area contributed by atoms with Crippen LogP contribution in [-0.4, -0.2) is 33.9 Å². The van der Waals surface area contributed by atoms with Crippen LogP contribution in [0.4, 0.5) is 30.8 Å². The van der Waals surface area contributed by atoms with E-state index in [2.05, 4.69) is 15.3 Å². The first kappa shape index (κ1) is 12.3. The van der Waals surface area contributed by atoms with Gasteiger partial charge in [-0.15, -0.1) is 0 Å². The fraction of sp³-hybridized carbons (Fsp3) is 0.429. The maximum absolute atomic E-state index is 11.9. The van der Waals surface area contributed by atoms with Crippen LogP contribution < -0.4 is 16.8 Å². The zero-order valence-electron chi connectivity index (χ0n) is 7.99. The summed E-state index contributed by atoms with van der Waals surface area (Å²) >= 11 is 0. The lowest BCUT2D eigenvalue weighted by molar-refractivity contribution is -0.198. The van der Waals surface area contributed by atoms with E-state index in [-0.39, 0.29) is 17.6 Å². The van der Waals surface area contributed by atoms with Crippen LogP contribution in [0.15, 0.2) is 6.07 Å². The van der Waals surface area contributed by atoms with Crippen molar-refractivity contribution < 1.29 is 18.3 Å². The van der Waals surface area contributed by atoms with E-state index >= 15 is 0 Å². The minimum Gasteiger partial charge on any atom is -0.383 e. The monoisotopic (exact) mass is 237 g/mol. The molecule has 0 aliphatic heterocycles. The number of hydrogen-bond acceptors (Lipinski definition) is 6. The maximum atomic E-state index is 11.9. The highest BCUT2D eigenvalue weighted by Gasteiger charge is 2.37. The SMILES string of the molecule is Nc1cc(NCC(O)C(F)(F)F)nc(N)n1. The van der Waals surface area contributed by atoms with Gasteiger partial charge < -0.3 is 21.9 Å². The molecule has 0 aromatic carbocycles. The van der Waals surface area contributed by atoms with Crippen molar-refractivity contribution in [3.05, 3.63) is 6.07 Å². The summed E-state index contributed by atoms with van der Waals surface area (Å²) in [6, 6.07) is 1.21. The van der Waals surface area contributed by atoms with Gasteiger partial charge in [-0.1, -0.05) is 0 Å². The molecular weight excluding hydrogens is 227 g/mol. The number of rotatable bonds is 3. The van der Waals surface area contributed by atoms with Crippen LogP contribution in [0.1, 0.15) is 0 Å². The summed E-state index contributed by atoms with van der Waals surface area (Å²) in [6.07, 6.45) is -7.16. The molecule has 1 heterocycles. The Kier molecular flexibility index (Phi) is 3.38. The van der Waals surface area contributed by atoms with E-state index in [9.17, 15) is 13.2 Å². The van der Waals surface area contributed by atoms with Gasteiger partial charge in [0.2, 0.25) is 5.95 Å². The Labute approximate surface area is 88.5 Å². The fourth-order valence-electron chi connectivity index (χ4n) is 0.893. The first-order chi connectivity index (χ1) is 7.29. The van der Waals surface area contributed by atoms with Gasteiger partial charge in [-0.3, -0.25) is 0 Å². The number of alkyl halides is 3. The van der Waals surface area contributed by atoms with E-state index in [0.29, 0.717) is 0 Å². The van der Waals surface area contributed by atoms with Gasteiger partial charge in [-0.2, -0.15) is 23.1 Å². The quantitative estimate of drug-likeness (QED) is 0.588. The predicted molar refractivity (Wildman–Crippen MR) is 51.4 cm³/mol. The van der Waals surface area contributed by atoms with Crippen LogP contribution >= 0.6 is 0 Å². The molecule has 0 fully saturated rings. The first-order valence-electron chi connectivity index (χ1n) is 4.17. The number of aliphatic hydroxyl groups excluding tert-OH is 1. The second-order valence-corrected chi connectivity index (χ2v) is 2.97. The van der Waals surface area contributed by atoms with Gasteiger partial charge in [0.05, 0.1) is 6.54 Å². The Hall–Kier alpha value is -1.77. The van der Waals surface area contributed by atoms with Crippen molar-refractivity contribution in [1.29, 1.82) is 0 Å². The average Bonchev–Trinajstić information content (AvgIpc) is 2.11. The Morgan fingerprint density at radius 1 is 1.38 bits per heavy atom. The smallest absolute Gasteiger partial charge is 0.383 e. The minimum atomic E-state index is -4.68. The van der Waals surface area contributed by atoms with E-state index in [0.717, 1.165) is 0 Å². The molecule has 6 nitrogen and oxygen atoms in total. The van der Waals surface area contributed by atoms with Crippen molar-refractivity contribution >= 4 is 17.6 Å². The molecular formula is C7H10F3N5O. The second kappa shape index (κ2) is 4.39. The molecule has 0 spiro atoms. The van der Waals surface area contributed by atoms with E-state index in [1.165, 1.54) is 6.07 Å². The Bertz CT molecular complexity index is 349. The zero-order chi connectivity index (χ0) is 12.3. The molecule has 0 saturated heterocycles. The molecule has 1 aromatic heterocycles. The highest BCUT2D eigenvalue weighted by atomic mass is 19.4. The fourth-order valence-corrected chi connectivity index (χ4v) is 0.893. The molecule has 0 aliphatic carbocycles. The molecule has 9 heteroatoms. The first-order valence-corrected chi connectivity index (χ1v) is 4.17. The number of halogens is 3. The summed E-state index contributed by atoms with van der Waals surface area (Å²) in [5.41, 5.74) is 10.5. The van der Waals surface area contributed by atoms with Crippen molar-refractivity contribution in [1.82, 2.24) is 9.97 Å². The molecule has 0 radical (unpaired) electrons. The minimum absolute atomic E-state index is 0.0216. The van der Waals surface area contributed by atoms with E-state index in [1.54, 1.807) is 0 Å². The lowest BCUT2D eigenvalue weighted by atomic mass is 10.3. The number of hydrogen-bond donors (Lipinski definition) is 4. The molecule has 0 bridgehead atoms. The standard InChI is InChI=1S/C7H10F3N5O/c8-7(9,10)3(16)2-13-5-1-4(11)14-6(12)15-5/h1,3,16H,2H2,(H5,11,12,13,14,15). The van der Waals surface area contributed by atoms with Gasteiger partial charge in [-0.25, -0.2) is 0 Å². The number of aromatic nitrogens is 2. The lowest BCUT2D eigenvalue weighted by Crippen LogP contribution is -2.35. The molecule has 1 aromatic rings. The molecule has 1 atom stereocenters. The number of nitrogen functional groups attached to an aromatic ring is 2. The Morgan fingerprint density at radius 2 is 2.00 bits per heavy atom. The van der Waals surface area contributed by atoms with E-state index in [1.807, 2.05) is 0 Å². The van der Waals surface area contributed by atoms with Crippen LogP contribution in [0.3, 0.4) is 0 Å². The summed E-state index contributed by atoms with van der Waals surface area (Å²) in [5, 5.41) is 10.9. The van der Waals surface area contributed by atoms with Crippen molar-refractivity contribution in [2.24, 2.45) is 0 Å². The molecule has 0 aliphatic rings. The van der Waals surface area contributed by atoms with Crippen LogP contribution in [-0.2, 0) is 0 Å². The third-order valence-corrected chi connectivity index (χ3v) is 1.62. The van der Waals surface area contributed by atoms with Gasteiger partial charge in [0.25, 0.3) is 0 Å². The number of anilines is 3. The highest BCUT2D eigenvalue weighted by molar-refractivity contribution is 5.48. The van der Waals surface area contributed by atoms with Crippen LogP contribution in [0.25, 0.3) is 0 Å². The van der Waals surface area contributed by atoms with Gasteiger partial charge in [0.15, 0.2) is 6.10 Å². The van der Waals surface area contributed by atoms with Gasteiger partial charge >= 0.3 is 6.18 Å². The van der Waals surface area contributed by atoms with Crippen molar-refractivity contribution in [2.45, 2.75) is 12.3 Å². The third kappa shape index (κ3) is 3.42. The molecule has 1 rings (SSSR count). The largest absolute Gasteiger partial charge is 0.416 e. The van der Waals surface area contributed by atoms with Crippen LogP contribution in [0.5, 0.6) is 0 Å². The molecule has 0 saturated carbocycles. The molecule has 1 unspecified atom stereocenters. The molecule has 90 valence electrons. The topological polar surface area (TPSA) is 110 Å². The highest BCUT2D eigenvalue weighted by Crippen LogP contribution is 2.20. The lowest BCUT2D eigenvalue weighted by Gasteiger charge is -2.15. The summed E-state index contributed by atoms with van der Waals surface area (Å²) in [5.74, 6) is -0.117. The number of nitrogens with one attached hydrogen (secondary N) is 1. The zero-order valence-corrected chi connectivity index (χ0v) is 7.99. The molecule has 0 amide bonds. The van der Waals surface area contributed by atoms with Crippen molar-refractivity contribution in [2.75, 3.05) is 23.3 Å². The Balaban J connectivity index is 2.61. The summed E-state index contributed by atoms with van der Waals surface area (Å²) in [7, 11) is 0. The number of aliphatic hydroxyl groups is 1. The summed E-state index contributed by atoms with van der Waals surface area (Å²) < 4.78 is 35.8.